The highest BCUT2D eigenvalue weighted by Gasteiger charge is 2.37. The van der Waals surface area contributed by atoms with Crippen molar-refractivity contribution in [3.63, 3.8) is 0 Å². The number of hydrogen-bond donors (Lipinski definition) is 0. The molecule has 1 aromatic rings. The van der Waals surface area contributed by atoms with Gasteiger partial charge < -0.3 is 0 Å². The average molecular weight is 247 g/mol. The molecule has 0 fully saturated rings. The van der Waals surface area contributed by atoms with Crippen LogP contribution in [0.1, 0.15) is 31.9 Å². The van der Waals surface area contributed by atoms with Crippen molar-refractivity contribution < 1.29 is 18.1 Å². The van der Waals surface area contributed by atoms with Gasteiger partial charge in [-0.2, -0.15) is 13.2 Å². The SMILES string of the molecule is CC(C)(C)c1ccc([N+](=O)[O-])cc1C(F)(F)F. The van der Waals surface area contributed by atoms with Crippen molar-refractivity contribution in [1.82, 2.24) is 0 Å². The molecule has 0 heterocycles. The Morgan fingerprint density at radius 3 is 2.00 bits per heavy atom. The van der Waals surface area contributed by atoms with Crippen LogP contribution >= 0.6 is 0 Å². The first kappa shape index (κ1) is 13.5. The first-order chi connectivity index (χ1) is 7.53. The summed E-state index contributed by atoms with van der Waals surface area (Å²) < 4.78 is 38.4. The number of non-ortho nitro benzene ring substituents is 1. The third-order valence-corrected chi connectivity index (χ3v) is 2.33. The summed E-state index contributed by atoms with van der Waals surface area (Å²) >= 11 is 0. The van der Waals surface area contributed by atoms with Crippen LogP contribution in [0.5, 0.6) is 0 Å². The van der Waals surface area contributed by atoms with Gasteiger partial charge in [-0.3, -0.25) is 10.1 Å². The number of benzene rings is 1. The van der Waals surface area contributed by atoms with Crippen molar-refractivity contribution in [3.8, 4) is 0 Å². The fraction of sp³-hybridized carbons (Fsp3) is 0.455. The Hall–Kier alpha value is -1.59. The van der Waals surface area contributed by atoms with Gasteiger partial charge in [0.05, 0.1) is 10.5 Å². The number of nitro groups is 1. The highest BCUT2D eigenvalue weighted by molar-refractivity contribution is 5.44. The summed E-state index contributed by atoms with van der Waals surface area (Å²) in [5.74, 6) is 0. The van der Waals surface area contributed by atoms with Crippen LogP contribution in [0.2, 0.25) is 0 Å². The van der Waals surface area contributed by atoms with E-state index in [1.807, 2.05) is 0 Å². The minimum atomic E-state index is -4.59. The zero-order valence-corrected chi connectivity index (χ0v) is 9.63. The first-order valence-electron chi connectivity index (χ1n) is 4.89. The van der Waals surface area contributed by atoms with Gasteiger partial charge in [0.1, 0.15) is 0 Å². The molecule has 0 aliphatic carbocycles. The number of alkyl halides is 3. The average Bonchev–Trinajstić information content (AvgIpc) is 2.14. The van der Waals surface area contributed by atoms with E-state index in [9.17, 15) is 23.3 Å². The quantitative estimate of drug-likeness (QED) is 0.557. The largest absolute Gasteiger partial charge is 0.416 e. The summed E-state index contributed by atoms with van der Waals surface area (Å²) in [6.45, 7) is 4.89. The second-order valence-corrected chi connectivity index (χ2v) is 4.73. The molecule has 0 aliphatic heterocycles. The molecule has 6 heteroatoms. The van der Waals surface area contributed by atoms with Gasteiger partial charge >= 0.3 is 6.18 Å². The number of hydrogen-bond acceptors (Lipinski definition) is 2. The van der Waals surface area contributed by atoms with Crippen LogP contribution < -0.4 is 0 Å². The Kier molecular flexibility index (Phi) is 3.18. The van der Waals surface area contributed by atoms with E-state index in [1.165, 1.54) is 6.07 Å². The summed E-state index contributed by atoms with van der Waals surface area (Å²) in [5.41, 5.74) is -2.17. The third kappa shape index (κ3) is 2.95. The maximum Gasteiger partial charge on any atom is 0.416 e. The summed E-state index contributed by atoms with van der Waals surface area (Å²) in [6, 6.07) is 2.84. The van der Waals surface area contributed by atoms with Crippen LogP contribution in [0.15, 0.2) is 18.2 Å². The molecule has 0 radical (unpaired) electrons. The Morgan fingerprint density at radius 1 is 1.12 bits per heavy atom. The molecule has 0 atom stereocenters. The molecule has 1 rings (SSSR count). The molecule has 0 aliphatic rings. The lowest BCUT2D eigenvalue weighted by Gasteiger charge is -2.23. The van der Waals surface area contributed by atoms with Crippen molar-refractivity contribution >= 4 is 5.69 Å². The van der Waals surface area contributed by atoms with E-state index in [0.29, 0.717) is 6.07 Å². The second kappa shape index (κ2) is 4.01. The standard InChI is InChI=1S/C11H12F3NO2/c1-10(2,3)8-5-4-7(15(16)17)6-9(8)11(12,13)14/h4-6H,1-3H3. The molecule has 0 N–H and O–H groups in total. The van der Waals surface area contributed by atoms with Crippen LogP contribution in [0.3, 0.4) is 0 Å². The fourth-order valence-electron chi connectivity index (χ4n) is 1.53. The molecule has 0 saturated heterocycles. The first-order valence-corrected chi connectivity index (χ1v) is 4.89. The number of halogens is 3. The fourth-order valence-corrected chi connectivity index (χ4v) is 1.53. The van der Waals surface area contributed by atoms with E-state index < -0.39 is 27.8 Å². The van der Waals surface area contributed by atoms with Gasteiger partial charge in [0.15, 0.2) is 0 Å². The van der Waals surface area contributed by atoms with Crippen molar-refractivity contribution in [2.24, 2.45) is 0 Å². The molecule has 17 heavy (non-hydrogen) atoms. The maximum absolute atomic E-state index is 12.8. The molecular formula is C11H12F3NO2. The van der Waals surface area contributed by atoms with Crippen LogP contribution in [0.25, 0.3) is 0 Å². The second-order valence-electron chi connectivity index (χ2n) is 4.73. The van der Waals surface area contributed by atoms with Gasteiger partial charge in [-0.25, -0.2) is 0 Å². The minimum Gasteiger partial charge on any atom is -0.258 e. The van der Waals surface area contributed by atoms with Gasteiger partial charge in [0.2, 0.25) is 0 Å². The maximum atomic E-state index is 12.8. The van der Waals surface area contributed by atoms with Crippen LogP contribution in [-0.2, 0) is 11.6 Å². The van der Waals surface area contributed by atoms with Gasteiger partial charge in [0, 0.05) is 12.1 Å². The van der Waals surface area contributed by atoms with E-state index in [4.69, 9.17) is 0 Å². The van der Waals surface area contributed by atoms with Crippen LogP contribution in [-0.4, -0.2) is 4.92 Å². The number of rotatable bonds is 1. The number of nitrogens with zero attached hydrogens (tertiary/aromatic N) is 1. The van der Waals surface area contributed by atoms with Gasteiger partial charge in [-0.1, -0.05) is 26.8 Å². The van der Waals surface area contributed by atoms with E-state index in [-0.39, 0.29) is 5.56 Å². The molecule has 0 spiro atoms. The summed E-state index contributed by atoms with van der Waals surface area (Å²) in [4.78, 5) is 9.65. The third-order valence-electron chi connectivity index (χ3n) is 2.33. The minimum absolute atomic E-state index is 0.0515. The molecule has 3 nitrogen and oxygen atoms in total. The lowest BCUT2D eigenvalue weighted by molar-refractivity contribution is -0.385. The molecule has 0 bridgehead atoms. The van der Waals surface area contributed by atoms with E-state index in [0.717, 1.165) is 6.07 Å². The van der Waals surface area contributed by atoms with Gasteiger partial charge in [0.25, 0.3) is 5.69 Å². The van der Waals surface area contributed by atoms with Gasteiger partial charge in [-0.15, -0.1) is 0 Å². The molecule has 0 amide bonds. The van der Waals surface area contributed by atoms with Crippen molar-refractivity contribution in [1.29, 1.82) is 0 Å². The molecule has 0 unspecified atom stereocenters. The molecule has 0 aromatic heterocycles. The molecule has 0 saturated carbocycles. The highest BCUT2D eigenvalue weighted by Crippen LogP contribution is 2.39. The lowest BCUT2D eigenvalue weighted by atomic mass is 9.83. The predicted octanol–water partition coefficient (Wildman–Crippen LogP) is 3.91. The smallest absolute Gasteiger partial charge is 0.258 e. The summed E-state index contributed by atoms with van der Waals surface area (Å²) in [5, 5.41) is 10.5. The van der Waals surface area contributed by atoms with Crippen molar-refractivity contribution in [3.05, 3.63) is 39.4 Å². The summed E-state index contributed by atoms with van der Waals surface area (Å²) in [7, 11) is 0. The van der Waals surface area contributed by atoms with Crippen molar-refractivity contribution in [2.45, 2.75) is 32.4 Å². The van der Waals surface area contributed by atoms with Gasteiger partial charge in [-0.05, 0) is 11.0 Å². The van der Waals surface area contributed by atoms with E-state index in [1.54, 1.807) is 20.8 Å². The summed E-state index contributed by atoms with van der Waals surface area (Å²) in [6.07, 6.45) is -4.59. The lowest BCUT2D eigenvalue weighted by Crippen LogP contribution is -2.19. The Labute approximate surface area is 96.4 Å². The topological polar surface area (TPSA) is 43.1 Å². The zero-order valence-electron chi connectivity index (χ0n) is 9.63. The Bertz CT molecular complexity index is 447. The Morgan fingerprint density at radius 2 is 1.65 bits per heavy atom. The van der Waals surface area contributed by atoms with Crippen molar-refractivity contribution in [2.75, 3.05) is 0 Å². The molecular weight excluding hydrogens is 235 g/mol. The van der Waals surface area contributed by atoms with E-state index >= 15 is 0 Å². The zero-order chi connectivity index (χ0) is 13.4. The van der Waals surface area contributed by atoms with Crippen LogP contribution in [0, 0.1) is 10.1 Å². The monoisotopic (exact) mass is 247 g/mol. The number of nitro benzene ring substituents is 1. The van der Waals surface area contributed by atoms with Crippen LogP contribution in [0.4, 0.5) is 18.9 Å². The molecule has 1 aromatic carbocycles. The molecule has 94 valence electrons. The normalized spacial score (nSPS) is 12.6. The highest BCUT2D eigenvalue weighted by atomic mass is 19.4. The van der Waals surface area contributed by atoms with E-state index in [2.05, 4.69) is 0 Å². The Balaban J connectivity index is 3.49. The predicted molar refractivity (Wildman–Crippen MR) is 56.8 cm³/mol.